The number of hydrogen-bond acceptors (Lipinski definition) is 4. The first kappa shape index (κ1) is 10.4. The van der Waals surface area contributed by atoms with Crippen LogP contribution in [0.1, 0.15) is 12.8 Å². The van der Waals surface area contributed by atoms with Crippen molar-refractivity contribution in [2.75, 3.05) is 5.75 Å². The van der Waals surface area contributed by atoms with Crippen LogP contribution in [-0.4, -0.2) is 37.3 Å². The molecule has 0 heterocycles. The molecule has 1 saturated carbocycles. The Morgan fingerprint density at radius 3 is 2.54 bits per heavy atom. The topological polar surface area (TPSA) is 109 Å². The van der Waals surface area contributed by atoms with E-state index in [1.54, 1.807) is 0 Å². The number of nitrogens with one attached hydrogen (secondary N) is 1. The maximum absolute atomic E-state index is 11.1. The Labute approximate surface area is 76.2 Å². The normalized spacial score (nSPS) is 27.2. The molecule has 0 aromatic heterocycles. The van der Waals surface area contributed by atoms with E-state index in [2.05, 4.69) is 4.72 Å². The van der Waals surface area contributed by atoms with Crippen molar-refractivity contribution in [2.45, 2.75) is 24.9 Å². The maximum atomic E-state index is 11.1. The number of carboxylic acid groups (broad SMARTS) is 1. The summed E-state index contributed by atoms with van der Waals surface area (Å²) in [5.74, 6) is -1.50. The van der Waals surface area contributed by atoms with Gasteiger partial charge in [0, 0.05) is 12.1 Å². The Kier molecular flexibility index (Phi) is 2.89. The highest BCUT2D eigenvalue weighted by atomic mass is 32.2. The molecular weight excluding hydrogens is 196 g/mol. The van der Waals surface area contributed by atoms with Crippen molar-refractivity contribution in [1.82, 2.24) is 4.72 Å². The third-order valence-electron chi connectivity index (χ3n) is 1.76. The van der Waals surface area contributed by atoms with Crippen molar-refractivity contribution in [3.63, 3.8) is 0 Å². The van der Waals surface area contributed by atoms with E-state index in [4.69, 9.17) is 10.8 Å². The first-order valence-electron chi connectivity index (χ1n) is 3.88. The number of carboxylic acids is 1. The van der Waals surface area contributed by atoms with E-state index in [1.165, 1.54) is 0 Å². The lowest BCUT2D eigenvalue weighted by Crippen LogP contribution is -2.32. The summed E-state index contributed by atoms with van der Waals surface area (Å²) in [7, 11) is -3.46. The van der Waals surface area contributed by atoms with E-state index in [0.717, 1.165) is 0 Å². The quantitative estimate of drug-likeness (QED) is 0.508. The Balaban J connectivity index is 2.33. The molecule has 76 valence electrons. The standard InChI is InChI=1S/C6H12N2O4S/c7-4-3-5(4)8-13(11,12)2-1-6(9)10/h4-5,8H,1-3,7H2,(H,9,10). The van der Waals surface area contributed by atoms with Crippen molar-refractivity contribution in [2.24, 2.45) is 5.73 Å². The average Bonchev–Trinajstić information content (AvgIpc) is 2.62. The molecule has 0 spiro atoms. The van der Waals surface area contributed by atoms with Crippen LogP contribution in [0.25, 0.3) is 0 Å². The van der Waals surface area contributed by atoms with Gasteiger partial charge in [0.25, 0.3) is 0 Å². The van der Waals surface area contributed by atoms with Crippen LogP contribution in [-0.2, 0) is 14.8 Å². The number of sulfonamides is 1. The third kappa shape index (κ3) is 3.71. The zero-order valence-electron chi connectivity index (χ0n) is 6.93. The van der Waals surface area contributed by atoms with Gasteiger partial charge in [-0.3, -0.25) is 4.79 Å². The first-order chi connectivity index (χ1) is 5.91. The lowest BCUT2D eigenvalue weighted by Gasteiger charge is -2.02. The number of aliphatic carboxylic acids is 1. The van der Waals surface area contributed by atoms with Crippen LogP contribution in [0.3, 0.4) is 0 Å². The molecule has 4 N–H and O–H groups in total. The Hall–Kier alpha value is -0.660. The molecule has 7 heteroatoms. The minimum atomic E-state index is -3.46. The highest BCUT2D eigenvalue weighted by Gasteiger charge is 2.36. The van der Waals surface area contributed by atoms with E-state index in [9.17, 15) is 13.2 Å². The van der Waals surface area contributed by atoms with Crippen LogP contribution in [0, 0.1) is 0 Å². The van der Waals surface area contributed by atoms with Crippen LogP contribution >= 0.6 is 0 Å². The molecule has 2 atom stereocenters. The van der Waals surface area contributed by atoms with Crippen LogP contribution < -0.4 is 10.5 Å². The van der Waals surface area contributed by atoms with Crippen molar-refractivity contribution in [3.05, 3.63) is 0 Å². The molecule has 6 nitrogen and oxygen atoms in total. The van der Waals surface area contributed by atoms with Gasteiger partial charge in [-0.05, 0) is 6.42 Å². The molecular formula is C6H12N2O4S. The van der Waals surface area contributed by atoms with Gasteiger partial charge in [0.05, 0.1) is 12.2 Å². The Morgan fingerprint density at radius 1 is 1.62 bits per heavy atom. The van der Waals surface area contributed by atoms with Crippen molar-refractivity contribution >= 4 is 16.0 Å². The van der Waals surface area contributed by atoms with Crippen LogP contribution in [0.2, 0.25) is 0 Å². The van der Waals surface area contributed by atoms with Gasteiger partial charge in [0.2, 0.25) is 10.0 Å². The van der Waals surface area contributed by atoms with Crippen LogP contribution in [0.4, 0.5) is 0 Å². The minimum absolute atomic E-state index is 0.111. The molecule has 1 rings (SSSR count). The predicted molar refractivity (Wildman–Crippen MR) is 45.6 cm³/mol. The molecule has 13 heavy (non-hydrogen) atoms. The second-order valence-electron chi connectivity index (χ2n) is 3.09. The summed E-state index contributed by atoms with van der Waals surface area (Å²) in [5, 5.41) is 8.26. The minimum Gasteiger partial charge on any atom is -0.481 e. The summed E-state index contributed by atoms with van der Waals surface area (Å²) in [6.07, 6.45) is 0.254. The number of carbonyl (C=O) groups is 1. The highest BCUT2D eigenvalue weighted by molar-refractivity contribution is 7.89. The smallest absolute Gasteiger partial charge is 0.304 e. The van der Waals surface area contributed by atoms with Crippen LogP contribution in [0.15, 0.2) is 0 Å². The zero-order chi connectivity index (χ0) is 10.1. The fourth-order valence-corrected chi connectivity index (χ4v) is 2.15. The van der Waals surface area contributed by atoms with Gasteiger partial charge >= 0.3 is 5.97 Å². The summed E-state index contributed by atoms with van der Waals surface area (Å²) in [6.45, 7) is 0. The molecule has 1 aliphatic rings. The lowest BCUT2D eigenvalue weighted by molar-refractivity contribution is -0.136. The fourth-order valence-electron chi connectivity index (χ4n) is 0.861. The van der Waals surface area contributed by atoms with E-state index < -0.39 is 16.0 Å². The largest absolute Gasteiger partial charge is 0.481 e. The van der Waals surface area contributed by atoms with Crippen molar-refractivity contribution in [3.8, 4) is 0 Å². The van der Waals surface area contributed by atoms with Gasteiger partial charge in [-0.15, -0.1) is 0 Å². The summed E-state index contributed by atoms with van der Waals surface area (Å²) in [4.78, 5) is 10.1. The Bertz CT molecular complexity index is 300. The van der Waals surface area contributed by atoms with Crippen molar-refractivity contribution in [1.29, 1.82) is 0 Å². The van der Waals surface area contributed by atoms with Gasteiger partial charge < -0.3 is 10.8 Å². The molecule has 0 amide bonds. The maximum Gasteiger partial charge on any atom is 0.304 e. The predicted octanol–water partition coefficient (Wildman–Crippen LogP) is -1.52. The van der Waals surface area contributed by atoms with E-state index in [1.807, 2.05) is 0 Å². The average molecular weight is 208 g/mol. The highest BCUT2D eigenvalue weighted by Crippen LogP contribution is 2.18. The molecule has 2 unspecified atom stereocenters. The number of nitrogens with two attached hydrogens (primary N) is 1. The lowest BCUT2D eigenvalue weighted by atomic mass is 10.5. The van der Waals surface area contributed by atoms with E-state index >= 15 is 0 Å². The fraction of sp³-hybridized carbons (Fsp3) is 0.833. The summed E-state index contributed by atoms with van der Waals surface area (Å²) >= 11 is 0. The van der Waals surface area contributed by atoms with Gasteiger partial charge in [0.15, 0.2) is 0 Å². The third-order valence-corrected chi connectivity index (χ3v) is 3.16. The zero-order valence-corrected chi connectivity index (χ0v) is 7.75. The molecule has 0 saturated heterocycles. The van der Waals surface area contributed by atoms with Crippen LogP contribution in [0.5, 0.6) is 0 Å². The SMILES string of the molecule is NC1CC1NS(=O)(=O)CCC(=O)O. The van der Waals surface area contributed by atoms with Gasteiger partial charge in [-0.25, -0.2) is 13.1 Å². The molecule has 0 aromatic rings. The molecule has 1 fully saturated rings. The summed E-state index contributed by atoms with van der Waals surface area (Å²) in [6, 6.07) is -0.307. The molecule has 1 aliphatic carbocycles. The molecule has 0 bridgehead atoms. The second-order valence-corrected chi connectivity index (χ2v) is 4.96. The number of rotatable bonds is 5. The van der Waals surface area contributed by atoms with Gasteiger partial charge in [-0.1, -0.05) is 0 Å². The van der Waals surface area contributed by atoms with Crippen molar-refractivity contribution < 1.29 is 18.3 Å². The first-order valence-corrected chi connectivity index (χ1v) is 5.53. The Morgan fingerprint density at radius 2 is 2.15 bits per heavy atom. The summed E-state index contributed by atoms with van der Waals surface area (Å²) < 4.78 is 24.5. The second kappa shape index (κ2) is 3.60. The molecule has 0 aliphatic heterocycles. The van der Waals surface area contributed by atoms with Gasteiger partial charge in [0.1, 0.15) is 0 Å². The van der Waals surface area contributed by atoms with E-state index in [0.29, 0.717) is 6.42 Å². The summed E-state index contributed by atoms with van der Waals surface area (Å²) in [5.41, 5.74) is 5.39. The van der Waals surface area contributed by atoms with E-state index in [-0.39, 0.29) is 24.3 Å². The molecule has 0 radical (unpaired) electrons. The monoisotopic (exact) mass is 208 g/mol. The number of hydrogen-bond donors (Lipinski definition) is 3. The van der Waals surface area contributed by atoms with Gasteiger partial charge in [-0.2, -0.15) is 0 Å². The molecule has 0 aromatic carbocycles.